The van der Waals surface area contributed by atoms with E-state index in [1.165, 1.54) is 5.01 Å². The number of amides is 1. The van der Waals surface area contributed by atoms with E-state index in [2.05, 4.69) is 4.98 Å². The standard InChI is InChI=1S/C33H27N5O2S/c1-2-40-28-18-16-24(17-19-28)32-25(22-37(36-32)26-11-5-3-6-12-26)21-29-30(23-41-31-15-9-10-20-34-31)35-38(33(29)39)27-13-7-4-8-14-27/h3-22H,2,23H2,1H3/b29-21-. The van der Waals surface area contributed by atoms with Crippen molar-refractivity contribution in [1.29, 1.82) is 0 Å². The summed E-state index contributed by atoms with van der Waals surface area (Å²) in [4.78, 5) is 18.3. The number of aromatic nitrogens is 3. The van der Waals surface area contributed by atoms with Crippen LogP contribution in [0.25, 0.3) is 23.0 Å². The lowest BCUT2D eigenvalue weighted by Crippen LogP contribution is -2.21. The Hall–Kier alpha value is -4.95. The predicted octanol–water partition coefficient (Wildman–Crippen LogP) is 6.91. The second-order valence-electron chi connectivity index (χ2n) is 9.18. The number of rotatable bonds is 9. The summed E-state index contributed by atoms with van der Waals surface area (Å²) < 4.78 is 7.48. The van der Waals surface area contributed by atoms with Crippen molar-refractivity contribution in [3.63, 3.8) is 0 Å². The van der Waals surface area contributed by atoms with E-state index in [1.807, 2.05) is 127 Å². The molecule has 0 N–H and O–H groups in total. The molecule has 0 unspecified atom stereocenters. The molecule has 8 heteroatoms. The van der Waals surface area contributed by atoms with Gasteiger partial charge in [0.25, 0.3) is 5.91 Å². The first-order valence-electron chi connectivity index (χ1n) is 13.3. The number of anilines is 1. The van der Waals surface area contributed by atoms with Gasteiger partial charge >= 0.3 is 0 Å². The van der Waals surface area contributed by atoms with E-state index in [-0.39, 0.29) is 5.91 Å². The van der Waals surface area contributed by atoms with Crippen molar-refractivity contribution in [3.8, 4) is 22.7 Å². The van der Waals surface area contributed by atoms with Crippen LogP contribution in [0, 0.1) is 0 Å². The number of thioether (sulfide) groups is 1. The smallest absolute Gasteiger partial charge is 0.280 e. The summed E-state index contributed by atoms with van der Waals surface area (Å²) in [5, 5.41) is 12.1. The van der Waals surface area contributed by atoms with Crippen molar-refractivity contribution in [2.45, 2.75) is 11.9 Å². The van der Waals surface area contributed by atoms with Gasteiger partial charge in [-0.1, -0.05) is 54.2 Å². The first kappa shape index (κ1) is 26.3. The highest BCUT2D eigenvalue weighted by Gasteiger charge is 2.31. The van der Waals surface area contributed by atoms with Crippen LogP contribution in [0.5, 0.6) is 5.75 Å². The molecule has 0 radical (unpaired) electrons. The molecule has 0 fully saturated rings. The van der Waals surface area contributed by atoms with E-state index in [0.29, 0.717) is 29.3 Å². The second-order valence-corrected chi connectivity index (χ2v) is 10.2. The van der Waals surface area contributed by atoms with Gasteiger partial charge in [0.05, 0.1) is 40.0 Å². The van der Waals surface area contributed by atoms with Gasteiger partial charge in [-0.3, -0.25) is 4.79 Å². The lowest BCUT2D eigenvalue weighted by Gasteiger charge is -2.11. The van der Waals surface area contributed by atoms with Crippen LogP contribution in [0.2, 0.25) is 0 Å². The van der Waals surface area contributed by atoms with Gasteiger partial charge in [0.2, 0.25) is 0 Å². The zero-order valence-corrected chi connectivity index (χ0v) is 23.2. The normalized spacial score (nSPS) is 14.0. The van der Waals surface area contributed by atoms with E-state index in [9.17, 15) is 4.79 Å². The van der Waals surface area contributed by atoms with Gasteiger partial charge in [0, 0.05) is 29.3 Å². The highest BCUT2D eigenvalue weighted by atomic mass is 32.2. The minimum absolute atomic E-state index is 0.182. The van der Waals surface area contributed by atoms with Crippen molar-refractivity contribution < 1.29 is 9.53 Å². The Labute approximate surface area is 242 Å². The first-order chi connectivity index (χ1) is 20.2. The number of hydrazone groups is 1. The lowest BCUT2D eigenvalue weighted by molar-refractivity contribution is -0.114. The van der Waals surface area contributed by atoms with Crippen molar-refractivity contribution in [3.05, 3.63) is 127 Å². The topological polar surface area (TPSA) is 72.6 Å². The Morgan fingerprint density at radius 1 is 0.854 bits per heavy atom. The summed E-state index contributed by atoms with van der Waals surface area (Å²) in [7, 11) is 0. The number of carbonyl (C=O) groups is 1. The molecule has 5 aromatic rings. The maximum Gasteiger partial charge on any atom is 0.280 e. The molecule has 1 amide bonds. The van der Waals surface area contributed by atoms with Crippen LogP contribution in [0.4, 0.5) is 5.69 Å². The number of hydrogen-bond donors (Lipinski definition) is 0. The molecular formula is C33H27N5O2S. The molecule has 2 aromatic heterocycles. The molecule has 0 aliphatic carbocycles. The van der Waals surface area contributed by atoms with Crippen LogP contribution in [-0.2, 0) is 4.79 Å². The van der Waals surface area contributed by atoms with Gasteiger partial charge in [0.1, 0.15) is 5.75 Å². The zero-order chi connectivity index (χ0) is 28.0. The Morgan fingerprint density at radius 2 is 1.56 bits per heavy atom. The molecule has 0 spiro atoms. The van der Waals surface area contributed by atoms with Gasteiger partial charge in [-0.15, -0.1) is 0 Å². The van der Waals surface area contributed by atoms with Crippen LogP contribution >= 0.6 is 11.8 Å². The minimum atomic E-state index is -0.182. The molecule has 3 heterocycles. The third kappa shape index (κ3) is 5.83. The fourth-order valence-corrected chi connectivity index (χ4v) is 5.30. The van der Waals surface area contributed by atoms with E-state index in [0.717, 1.165) is 33.3 Å². The van der Waals surface area contributed by atoms with Gasteiger partial charge in [-0.05, 0) is 73.7 Å². The van der Waals surface area contributed by atoms with E-state index >= 15 is 0 Å². The molecule has 0 atom stereocenters. The minimum Gasteiger partial charge on any atom is -0.494 e. The Balaban J connectivity index is 1.43. The maximum atomic E-state index is 13.8. The second kappa shape index (κ2) is 12.1. The Morgan fingerprint density at radius 3 is 2.24 bits per heavy atom. The molecule has 1 aliphatic rings. The predicted molar refractivity (Wildman–Crippen MR) is 164 cm³/mol. The molecule has 7 nitrogen and oxygen atoms in total. The summed E-state index contributed by atoms with van der Waals surface area (Å²) in [5.74, 6) is 1.10. The van der Waals surface area contributed by atoms with Gasteiger partial charge in [-0.25, -0.2) is 9.67 Å². The van der Waals surface area contributed by atoms with Gasteiger partial charge < -0.3 is 4.74 Å². The molecule has 0 saturated heterocycles. The summed E-state index contributed by atoms with van der Waals surface area (Å²) in [6.45, 7) is 2.56. The van der Waals surface area contributed by atoms with Crippen LogP contribution in [-0.4, -0.2) is 38.7 Å². The fourth-order valence-electron chi connectivity index (χ4n) is 4.49. The number of para-hydroxylation sites is 2. The Kier molecular flexibility index (Phi) is 7.73. The molecule has 0 saturated carbocycles. The van der Waals surface area contributed by atoms with Crippen molar-refractivity contribution >= 4 is 35.1 Å². The molecule has 6 rings (SSSR count). The molecular weight excluding hydrogens is 530 g/mol. The molecule has 3 aromatic carbocycles. The third-order valence-corrected chi connectivity index (χ3v) is 7.41. The highest BCUT2D eigenvalue weighted by molar-refractivity contribution is 8.00. The van der Waals surface area contributed by atoms with Crippen LogP contribution in [0.15, 0.2) is 131 Å². The first-order valence-corrected chi connectivity index (χ1v) is 14.3. The lowest BCUT2D eigenvalue weighted by atomic mass is 10.0. The number of pyridine rings is 1. The SMILES string of the molecule is CCOc1ccc(-c2nn(-c3ccccc3)cc2/C=C2\C(=O)N(c3ccccc3)N=C2CSc2ccccn2)cc1. The monoisotopic (exact) mass is 557 g/mol. The number of hydrogen-bond acceptors (Lipinski definition) is 6. The van der Waals surface area contributed by atoms with Crippen molar-refractivity contribution in [1.82, 2.24) is 14.8 Å². The van der Waals surface area contributed by atoms with Crippen LogP contribution < -0.4 is 9.75 Å². The number of ether oxygens (including phenoxy) is 1. The summed E-state index contributed by atoms with van der Waals surface area (Å²) in [5.41, 5.74) is 5.33. The number of carbonyl (C=O) groups excluding carboxylic acids is 1. The van der Waals surface area contributed by atoms with Crippen molar-refractivity contribution in [2.75, 3.05) is 17.4 Å². The fraction of sp³-hybridized carbons (Fsp3) is 0.0909. The molecule has 1 aliphatic heterocycles. The average Bonchev–Trinajstić information content (AvgIpc) is 3.59. The van der Waals surface area contributed by atoms with Crippen LogP contribution in [0.3, 0.4) is 0 Å². The zero-order valence-electron chi connectivity index (χ0n) is 22.4. The maximum absolute atomic E-state index is 13.8. The number of nitrogens with zero attached hydrogens (tertiary/aromatic N) is 5. The van der Waals surface area contributed by atoms with E-state index in [4.69, 9.17) is 14.9 Å². The summed E-state index contributed by atoms with van der Waals surface area (Å²) in [6.07, 6.45) is 5.62. The van der Waals surface area contributed by atoms with Gasteiger partial charge in [-0.2, -0.15) is 15.2 Å². The van der Waals surface area contributed by atoms with Crippen LogP contribution in [0.1, 0.15) is 12.5 Å². The number of benzene rings is 3. The summed E-state index contributed by atoms with van der Waals surface area (Å²) in [6, 6.07) is 33.0. The van der Waals surface area contributed by atoms with Gasteiger partial charge in [0.15, 0.2) is 0 Å². The molecule has 41 heavy (non-hydrogen) atoms. The largest absolute Gasteiger partial charge is 0.494 e. The van der Waals surface area contributed by atoms with E-state index in [1.54, 1.807) is 18.0 Å². The summed E-state index contributed by atoms with van der Waals surface area (Å²) >= 11 is 1.54. The highest BCUT2D eigenvalue weighted by Crippen LogP contribution is 2.31. The molecule has 202 valence electrons. The molecule has 0 bridgehead atoms. The Bertz CT molecular complexity index is 1700. The average molecular weight is 558 g/mol. The van der Waals surface area contributed by atoms with E-state index < -0.39 is 0 Å². The van der Waals surface area contributed by atoms with Crippen molar-refractivity contribution in [2.24, 2.45) is 5.10 Å². The quantitative estimate of drug-likeness (QED) is 0.145. The third-order valence-electron chi connectivity index (χ3n) is 6.45.